The topological polar surface area (TPSA) is 43.0 Å². The molecule has 0 aromatic heterocycles. The molecule has 2 atom stereocenters. The quantitative estimate of drug-likeness (QED) is 0.807. The van der Waals surface area contributed by atoms with Crippen molar-refractivity contribution in [3.8, 4) is 5.75 Å². The highest BCUT2D eigenvalue weighted by Gasteiger charge is 2.30. The van der Waals surface area contributed by atoms with Gasteiger partial charge < -0.3 is 19.1 Å². The molecule has 0 aliphatic carbocycles. The van der Waals surface area contributed by atoms with E-state index in [1.807, 2.05) is 12.1 Å². The number of allylic oxidation sites excluding steroid dienone is 2. The molecular formula is C21H26F2N2O3. The van der Waals surface area contributed by atoms with Crippen LogP contribution in [-0.4, -0.2) is 63.1 Å². The minimum atomic E-state index is -2.47. The van der Waals surface area contributed by atoms with Crippen LogP contribution >= 0.6 is 0 Å². The standard InChI is InChI=1S/C21H26F2N2O3/c1-14-2-5-20(24-11-17-12-26-8-9-27-17)25-7-6-15-10-16(28-13-19(22)23)3-4-18(15)21(14)25/h2-5,10,17,19-20,24H,6-9,11-13H2,1H3/t17-,20?/m1/s1. The number of nitrogens with one attached hydrogen (secondary N) is 1. The second-order valence-electron chi connectivity index (χ2n) is 7.28. The van der Waals surface area contributed by atoms with Crippen molar-refractivity contribution >= 4 is 5.70 Å². The third kappa shape index (κ3) is 4.21. The van der Waals surface area contributed by atoms with Gasteiger partial charge in [-0.15, -0.1) is 0 Å². The minimum Gasteiger partial charge on any atom is -0.488 e. The maximum atomic E-state index is 12.4. The van der Waals surface area contributed by atoms with E-state index < -0.39 is 13.0 Å². The summed E-state index contributed by atoms with van der Waals surface area (Å²) in [6.07, 6.45) is 2.85. The Morgan fingerprint density at radius 1 is 1.32 bits per heavy atom. The van der Waals surface area contributed by atoms with Crippen molar-refractivity contribution in [2.45, 2.75) is 32.0 Å². The van der Waals surface area contributed by atoms with Crippen LogP contribution < -0.4 is 10.1 Å². The first-order valence-electron chi connectivity index (χ1n) is 9.74. The van der Waals surface area contributed by atoms with Crippen molar-refractivity contribution in [3.05, 3.63) is 47.1 Å². The summed E-state index contributed by atoms with van der Waals surface area (Å²) in [5.41, 5.74) is 4.65. The Morgan fingerprint density at radius 3 is 3.00 bits per heavy atom. The zero-order valence-electron chi connectivity index (χ0n) is 16.0. The van der Waals surface area contributed by atoms with Gasteiger partial charge in [-0.3, -0.25) is 5.32 Å². The van der Waals surface area contributed by atoms with Crippen LogP contribution in [0, 0.1) is 0 Å². The highest BCUT2D eigenvalue weighted by Crippen LogP contribution is 2.37. The van der Waals surface area contributed by atoms with Crippen LogP contribution in [-0.2, 0) is 15.9 Å². The molecule has 28 heavy (non-hydrogen) atoms. The molecule has 0 radical (unpaired) electrons. The predicted octanol–water partition coefficient (Wildman–Crippen LogP) is 2.82. The molecule has 7 heteroatoms. The highest BCUT2D eigenvalue weighted by atomic mass is 19.3. The highest BCUT2D eigenvalue weighted by molar-refractivity contribution is 5.75. The van der Waals surface area contributed by atoms with Crippen LogP contribution in [0.1, 0.15) is 18.1 Å². The Labute approximate surface area is 163 Å². The molecule has 0 saturated carbocycles. The Bertz CT molecular complexity index is 760. The number of alkyl halides is 2. The van der Waals surface area contributed by atoms with E-state index in [1.165, 1.54) is 11.3 Å². The van der Waals surface area contributed by atoms with Crippen LogP contribution in [0.25, 0.3) is 5.70 Å². The minimum absolute atomic E-state index is 0.0734. The fourth-order valence-corrected chi connectivity index (χ4v) is 3.98. The van der Waals surface area contributed by atoms with Gasteiger partial charge in [-0.25, -0.2) is 8.78 Å². The van der Waals surface area contributed by atoms with Gasteiger partial charge in [0, 0.05) is 24.4 Å². The third-order valence-electron chi connectivity index (χ3n) is 5.29. The van der Waals surface area contributed by atoms with Gasteiger partial charge in [0.05, 0.1) is 32.1 Å². The molecule has 0 spiro atoms. The molecule has 0 amide bonds. The number of fused-ring (bicyclic) bond motifs is 3. The normalized spacial score (nSPS) is 24.4. The lowest BCUT2D eigenvalue weighted by atomic mass is 9.91. The van der Waals surface area contributed by atoms with E-state index >= 15 is 0 Å². The van der Waals surface area contributed by atoms with Crippen molar-refractivity contribution in [1.82, 2.24) is 10.2 Å². The second kappa shape index (κ2) is 8.59. The smallest absolute Gasteiger partial charge is 0.272 e. The molecule has 3 aliphatic rings. The summed E-state index contributed by atoms with van der Waals surface area (Å²) in [7, 11) is 0. The van der Waals surface area contributed by atoms with Crippen molar-refractivity contribution < 1.29 is 23.0 Å². The first-order valence-corrected chi connectivity index (χ1v) is 9.74. The molecule has 4 rings (SSSR count). The molecule has 152 valence electrons. The number of hydrogen-bond donors (Lipinski definition) is 1. The zero-order valence-corrected chi connectivity index (χ0v) is 16.0. The van der Waals surface area contributed by atoms with E-state index in [-0.39, 0.29) is 12.3 Å². The SMILES string of the molecule is CC1=C2c3ccc(OCC(F)F)cc3CCN2C(NC[C@@H]2COCCO2)C=C1. The second-order valence-corrected chi connectivity index (χ2v) is 7.28. The summed E-state index contributed by atoms with van der Waals surface area (Å²) in [6.45, 7) is 5.03. The molecule has 0 bridgehead atoms. The van der Waals surface area contributed by atoms with Gasteiger partial charge in [0.2, 0.25) is 0 Å². The first-order chi connectivity index (χ1) is 13.6. The van der Waals surface area contributed by atoms with E-state index in [2.05, 4.69) is 29.3 Å². The largest absolute Gasteiger partial charge is 0.488 e. The molecule has 3 heterocycles. The van der Waals surface area contributed by atoms with Crippen LogP contribution in [0.15, 0.2) is 35.9 Å². The average molecular weight is 392 g/mol. The molecule has 5 nitrogen and oxygen atoms in total. The fourth-order valence-electron chi connectivity index (χ4n) is 3.98. The van der Waals surface area contributed by atoms with E-state index in [0.717, 1.165) is 30.6 Å². The van der Waals surface area contributed by atoms with Gasteiger partial charge in [0.15, 0.2) is 0 Å². The van der Waals surface area contributed by atoms with Crippen LogP contribution in [0.4, 0.5) is 8.78 Å². The van der Waals surface area contributed by atoms with Crippen LogP contribution in [0.2, 0.25) is 0 Å². The van der Waals surface area contributed by atoms with Gasteiger partial charge in [-0.2, -0.15) is 0 Å². The number of halogens is 2. The maximum Gasteiger partial charge on any atom is 0.272 e. The fraction of sp³-hybridized carbons (Fsp3) is 0.524. The third-order valence-corrected chi connectivity index (χ3v) is 5.29. The molecule has 1 N–H and O–H groups in total. The summed E-state index contributed by atoms with van der Waals surface area (Å²) < 4.78 is 41.2. The van der Waals surface area contributed by atoms with Crippen molar-refractivity contribution in [2.75, 3.05) is 39.5 Å². The van der Waals surface area contributed by atoms with Gasteiger partial charge in [0.25, 0.3) is 6.43 Å². The molecule has 1 aromatic carbocycles. The number of rotatable bonds is 6. The van der Waals surface area contributed by atoms with Crippen molar-refractivity contribution in [2.24, 2.45) is 0 Å². The van der Waals surface area contributed by atoms with Gasteiger partial charge in [-0.1, -0.05) is 6.08 Å². The predicted molar refractivity (Wildman–Crippen MR) is 102 cm³/mol. The monoisotopic (exact) mass is 392 g/mol. The molecule has 1 saturated heterocycles. The summed E-state index contributed by atoms with van der Waals surface area (Å²) in [4.78, 5) is 2.36. The Balaban J connectivity index is 1.48. The maximum absolute atomic E-state index is 12.4. The lowest BCUT2D eigenvalue weighted by Gasteiger charge is -2.42. The lowest BCUT2D eigenvalue weighted by molar-refractivity contribution is -0.0876. The van der Waals surface area contributed by atoms with Gasteiger partial charge >= 0.3 is 0 Å². The average Bonchev–Trinajstić information content (AvgIpc) is 2.72. The van der Waals surface area contributed by atoms with E-state index in [1.54, 1.807) is 6.07 Å². The van der Waals surface area contributed by atoms with Gasteiger partial charge in [0.1, 0.15) is 12.4 Å². The van der Waals surface area contributed by atoms with E-state index in [9.17, 15) is 8.78 Å². The molecule has 1 aromatic rings. The van der Waals surface area contributed by atoms with Crippen molar-refractivity contribution in [3.63, 3.8) is 0 Å². The number of ether oxygens (including phenoxy) is 3. The summed E-state index contributed by atoms with van der Waals surface area (Å²) in [5.74, 6) is 0.501. The molecule has 1 unspecified atom stereocenters. The van der Waals surface area contributed by atoms with Crippen LogP contribution in [0.3, 0.4) is 0 Å². The lowest BCUT2D eigenvalue weighted by Crippen LogP contribution is -2.50. The summed E-state index contributed by atoms with van der Waals surface area (Å²) in [5, 5.41) is 3.58. The Hall–Kier alpha value is -1.96. The number of nitrogens with zero attached hydrogens (tertiary/aromatic N) is 1. The Morgan fingerprint density at radius 2 is 2.21 bits per heavy atom. The Kier molecular flexibility index (Phi) is 5.94. The number of benzene rings is 1. The summed E-state index contributed by atoms with van der Waals surface area (Å²) >= 11 is 0. The first kappa shape index (κ1) is 19.4. The van der Waals surface area contributed by atoms with E-state index in [0.29, 0.717) is 25.6 Å². The molecular weight excluding hydrogens is 366 g/mol. The van der Waals surface area contributed by atoms with Gasteiger partial charge in [-0.05, 0) is 48.8 Å². The molecule has 3 aliphatic heterocycles. The summed E-state index contributed by atoms with van der Waals surface area (Å²) in [6, 6.07) is 5.65. The molecule has 1 fully saturated rings. The van der Waals surface area contributed by atoms with Crippen molar-refractivity contribution in [1.29, 1.82) is 0 Å². The van der Waals surface area contributed by atoms with Crippen LogP contribution in [0.5, 0.6) is 5.75 Å². The number of hydrogen-bond acceptors (Lipinski definition) is 5. The van der Waals surface area contributed by atoms with E-state index in [4.69, 9.17) is 14.2 Å². The zero-order chi connectivity index (χ0) is 19.5.